The third-order valence-electron chi connectivity index (χ3n) is 4.62. The van der Waals surface area contributed by atoms with Crippen molar-refractivity contribution in [1.82, 2.24) is 15.0 Å². The molecule has 4 rings (SSSR count). The zero-order valence-electron chi connectivity index (χ0n) is 19.2. The molecule has 0 saturated carbocycles. The molecule has 3 aromatic carbocycles. The lowest BCUT2D eigenvalue weighted by atomic mass is 10.2. The molecule has 0 aliphatic rings. The number of aromatic nitrogens is 3. The highest BCUT2D eigenvalue weighted by atomic mass is 16.5. The molecule has 0 aliphatic heterocycles. The Morgan fingerprint density at radius 3 is 1.97 bits per heavy atom. The van der Waals surface area contributed by atoms with Gasteiger partial charge in [0.25, 0.3) is 0 Å². The first kappa shape index (κ1) is 23.2. The maximum atomic E-state index is 5.59. The fraction of sp³-hybridized carbons (Fsp3) is 0.0769. The molecule has 0 amide bonds. The van der Waals surface area contributed by atoms with Crippen LogP contribution < -0.4 is 25.5 Å². The second kappa shape index (κ2) is 11.8. The number of benzene rings is 3. The predicted molar refractivity (Wildman–Crippen MR) is 139 cm³/mol. The molecule has 9 heteroatoms. The summed E-state index contributed by atoms with van der Waals surface area (Å²) < 4.78 is 11.0. The van der Waals surface area contributed by atoms with Crippen LogP contribution in [0.4, 0.5) is 29.2 Å². The Bertz CT molecular complexity index is 1220. The highest BCUT2D eigenvalue weighted by Crippen LogP contribution is 2.27. The van der Waals surface area contributed by atoms with Gasteiger partial charge in [-0.3, -0.25) is 0 Å². The summed E-state index contributed by atoms with van der Waals surface area (Å²) in [6.45, 7) is 4.05. The van der Waals surface area contributed by atoms with Crippen molar-refractivity contribution in [2.45, 2.75) is 0 Å². The lowest BCUT2D eigenvalue weighted by molar-refractivity contribution is 0.326. The normalized spacial score (nSPS) is 10.5. The van der Waals surface area contributed by atoms with Crippen molar-refractivity contribution in [2.75, 3.05) is 29.8 Å². The number of hydrogen-bond acceptors (Lipinski definition) is 9. The monoisotopic (exact) mass is 467 g/mol. The number of rotatable bonds is 11. The molecule has 4 aromatic rings. The maximum Gasteiger partial charge on any atom is 0.250 e. The number of hydrazone groups is 1. The van der Waals surface area contributed by atoms with E-state index in [1.807, 2.05) is 78.9 Å². The first-order valence-electron chi connectivity index (χ1n) is 10.8. The fourth-order valence-corrected chi connectivity index (χ4v) is 3.04. The molecule has 0 aliphatic carbocycles. The highest BCUT2D eigenvalue weighted by molar-refractivity contribution is 5.81. The average Bonchev–Trinajstić information content (AvgIpc) is 2.89. The van der Waals surface area contributed by atoms with E-state index < -0.39 is 0 Å². The number of ether oxygens (including phenoxy) is 2. The molecule has 0 spiro atoms. The second-order valence-corrected chi connectivity index (χ2v) is 7.17. The number of anilines is 5. The van der Waals surface area contributed by atoms with E-state index >= 15 is 0 Å². The number of nitrogens with one attached hydrogen (secondary N) is 3. The quantitative estimate of drug-likeness (QED) is 0.153. The van der Waals surface area contributed by atoms with Gasteiger partial charge in [0, 0.05) is 11.4 Å². The molecule has 1 heterocycles. The van der Waals surface area contributed by atoms with Crippen molar-refractivity contribution in [2.24, 2.45) is 5.10 Å². The summed E-state index contributed by atoms with van der Waals surface area (Å²) in [6.07, 6.45) is 3.31. The van der Waals surface area contributed by atoms with Crippen LogP contribution in [0.15, 0.2) is 96.6 Å². The molecule has 1 aromatic heterocycles. The Morgan fingerprint density at radius 1 is 0.800 bits per heavy atom. The molecule has 0 atom stereocenters. The largest absolute Gasteiger partial charge is 0.493 e. The van der Waals surface area contributed by atoms with Gasteiger partial charge in [0.2, 0.25) is 17.8 Å². The minimum atomic E-state index is 0.269. The van der Waals surface area contributed by atoms with Crippen molar-refractivity contribution in [1.29, 1.82) is 0 Å². The van der Waals surface area contributed by atoms with E-state index in [4.69, 9.17) is 9.47 Å². The van der Waals surface area contributed by atoms with Crippen LogP contribution in [-0.4, -0.2) is 34.9 Å². The van der Waals surface area contributed by atoms with Gasteiger partial charge in [0.15, 0.2) is 11.5 Å². The van der Waals surface area contributed by atoms with Crippen molar-refractivity contribution in [3.63, 3.8) is 0 Å². The summed E-state index contributed by atoms with van der Waals surface area (Å²) in [4.78, 5) is 13.3. The number of para-hydroxylation sites is 2. The summed E-state index contributed by atoms with van der Waals surface area (Å²) in [5, 5.41) is 10.6. The number of methoxy groups -OCH3 is 1. The fourth-order valence-electron chi connectivity index (χ4n) is 3.04. The van der Waals surface area contributed by atoms with Crippen LogP contribution in [0.1, 0.15) is 5.56 Å². The lowest BCUT2D eigenvalue weighted by Gasteiger charge is -2.10. The van der Waals surface area contributed by atoms with Gasteiger partial charge in [0.05, 0.1) is 13.3 Å². The first-order chi connectivity index (χ1) is 17.2. The summed E-state index contributed by atoms with van der Waals surface area (Å²) >= 11 is 0. The van der Waals surface area contributed by atoms with Crippen molar-refractivity contribution in [3.8, 4) is 11.5 Å². The van der Waals surface area contributed by atoms with Gasteiger partial charge in [-0.2, -0.15) is 20.1 Å². The van der Waals surface area contributed by atoms with E-state index in [2.05, 4.69) is 42.7 Å². The van der Waals surface area contributed by atoms with E-state index in [9.17, 15) is 0 Å². The Hall–Kier alpha value is -4.92. The molecule has 35 heavy (non-hydrogen) atoms. The molecule has 0 saturated heterocycles. The first-order valence-corrected chi connectivity index (χ1v) is 10.8. The SMILES string of the molecule is C=CCOc1ccc(/C=N\Nc2nc(Nc3ccccc3)nc(Nc3ccccc3)n2)cc1OC. The Balaban J connectivity index is 1.53. The van der Waals surface area contributed by atoms with Gasteiger partial charge in [-0.1, -0.05) is 49.1 Å². The van der Waals surface area contributed by atoms with E-state index in [1.165, 1.54) is 0 Å². The zero-order chi connectivity index (χ0) is 24.3. The highest BCUT2D eigenvalue weighted by Gasteiger charge is 2.08. The summed E-state index contributed by atoms with van der Waals surface area (Å²) in [5.74, 6) is 2.23. The standard InChI is InChI=1S/C26H25N7O2/c1-3-16-35-22-15-14-19(17-23(22)34-2)18-27-33-26-31-24(28-20-10-6-4-7-11-20)30-25(32-26)29-21-12-8-5-9-13-21/h3-15,17-18H,1,16H2,2H3,(H3,28,29,30,31,32,33)/b27-18-. The van der Waals surface area contributed by atoms with Crippen molar-refractivity contribution >= 4 is 35.4 Å². The Labute approximate surface area is 203 Å². The summed E-state index contributed by atoms with van der Waals surface area (Å²) in [5.41, 5.74) is 5.38. The summed E-state index contributed by atoms with van der Waals surface area (Å²) in [6, 6.07) is 24.8. The molecule has 9 nitrogen and oxygen atoms in total. The molecule has 0 bridgehead atoms. The second-order valence-electron chi connectivity index (χ2n) is 7.17. The van der Waals surface area contributed by atoms with Crippen LogP contribution in [0.25, 0.3) is 0 Å². The van der Waals surface area contributed by atoms with Crippen LogP contribution in [-0.2, 0) is 0 Å². The maximum absolute atomic E-state index is 5.59. The van der Waals surface area contributed by atoms with Gasteiger partial charge < -0.3 is 20.1 Å². The van der Waals surface area contributed by atoms with E-state index in [1.54, 1.807) is 19.4 Å². The van der Waals surface area contributed by atoms with Gasteiger partial charge in [0.1, 0.15) is 6.61 Å². The average molecular weight is 468 g/mol. The van der Waals surface area contributed by atoms with E-state index in [0.717, 1.165) is 16.9 Å². The van der Waals surface area contributed by atoms with Crippen LogP contribution in [0, 0.1) is 0 Å². The van der Waals surface area contributed by atoms with Gasteiger partial charge in [-0.05, 0) is 48.0 Å². The van der Waals surface area contributed by atoms with Crippen molar-refractivity contribution in [3.05, 3.63) is 97.1 Å². The minimum Gasteiger partial charge on any atom is -0.493 e. The smallest absolute Gasteiger partial charge is 0.250 e. The Morgan fingerprint density at radius 2 is 1.40 bits per heavy atom. The molecular weight excluding hydrogens is 442 g/mol. The molecule has 3 N–H and O–H groups in total. The molecule has 0 unspecified atom stereocenters. The van der Waals surface area contributed by atoms with Gasteiger partial charge in [-0.25, -0.2) is 5.43 Å². The molecule has 176 valence electrons. The third kappa shape index (κ3) is 6.78. The van der Waals surface area contributed by atoms with Gasteiger partial charge in [-0.15, -0.1) is 0 Å². The van der Waals surface area contributed by atoms with Crippen LogP contribution in [0.2, 0.25) is 0 Å². The van der Waals surface area contributed by atoms with Gasteiger partial charge >= 0.3 is 0 Å². The number of nitrogens with zero attached hydrogens (tertiary/aromatic N) is 4. The van der Waals surface area contributed by atoms with Crippen LogP contribution in [0.5, 0.6) is 11.5 Å². The predicted octanol–water partition coefficient (Wildman–Crippen LogP) is 5.38. The number of hydrogen-bond donors (Lipinski definition) is 3. The molecule has 0 radical (unpaired) electrons. The van der Waals surface area contributed by atoms with Crippen LogP contribution >= 0.6 is 0 Å². The van der Waals surface area contributed by atoms with E-state index in [0.29, 0.717) is 30.0 Å². The molecule has 0 fully saturated rings. The van der Waals surface area contributed by atoms with Crippen LogP contribution in [0.3, 0.4) is 0 Å². The van der Waals surface area contributed by atoms with E-state index in [-0.39, 0.29) is 5.95 Å². The lowest BCUT2D eigenvalue weighted by Crippen LogP contribution is -2.07. The topological polar surface area (TPSA) is 106 Å². The Kier molecular flexibility index (Phi) is 7.84. The molecular formula is C26H25N7O2. The summed E-state index contributed by atoms with van der Waals surface area (Å²) in [7, 11) is 1.59. The minimum absolute atomic E-state index is 0.269. The zero-order valence-corrected chi connectivity index (χ0v) is 19.2. The third-order valence-corrected chi connectivity index (χ3v) is 4.62. The van der Waals surface area contributed by atoms with Crippen molar-refractivity contribution < 1.29 is 9.47 Å².